The molecule has 1 aromatic carbocycles. The van der Waals surface area contributed by atoms with Gasteiger partial charge in [-0.25, -0.2) is 0 Å². The van der Waals surface area contributed by atoms with Crippen molar-refractivity contribution in [2.75, 3.05) is 0 Å². The van der Waals surface area contributed by atoms with Crippen molar-refractivity contribution in [3.63, 3.8) is 0 Å². The monoisotopic (exact) mass is 580 g/mol. The van der Waals surface area contributed by atoms with Crippen molar-refractivity contribution in [2.45, 2.75) is 54.7 Å². The van der Waals surface area contributed by atoms with Crippen LogP contribution in [0.2, 0.25) is 0 Å². The molecule has 30 heavy (non-hydrogen) atoms. The zero-order valence-electron chi connectivity index (χ0n) is 14.3. The van der Waals surface area contributed by atoms with Crippen LogP contribution in [0.5, 0.6) is 0 Å². The average Bonchev–Trinajstić information content (AvgIpc) is 2.52. The van der Waals surface area contributed by atoms with Gasteiger partial charge in [-0.3, -0.25) is 0 Å². The Hall–Kier alpha value is -1.00. The quantitative estimate of drug-likeness (QED) is 0.284. The molecule has 1 unspecified atom stereocenters. The first-order valence-corrected chi connectivity index (χ1v) is 8.48. The fraction of sp³-hybridized carbons (Fsp3) is 0.600. The van der Waals surface area contributed by atoms with Gasteiger partial charge >= 0.3 is 35.8 Å². The van der Waals surface area contributed by atoms with Crippen LogP contribution in [-0.2, 0) is 5.60 Å². The van der Waals surface area contributed by atoms with E-state index in [2.05, 4.69) is 0 Å². The van der Waals surface area contributed by atoms with Crippen molar-refractivity contribution < 1.29 is 62.2 Å². The molecule has 0 bridgehead atoms. The standard InChI is InChI=1S/C15H10F13IO/c1-9(30,7-4-2-3-5-8(7)29)6-10(16,17)11(18,19)12(20,21)13(22,23)14(24,25)15(26,27)28/h2-5,30H,6H2,1H3. The Morgan fingerprint density at radius 1 is 0.700 bits per heavy atom. The summed E-state index contributed by atoms with van der Waals surface area (Å²) < 4.78 is 171. The molecule has 0 fully saturated rings. The van der Waals surface area contributed by atoms with Crippen LogP contribution in [0.3, 0.4) is 0 Å². The first-order valence-electron chi connectivity index (χ1n) is 7.40. The molecule has 0 spiro atoms. The Kier molecular flexibility index (Phi) is 6.80. The molecule has 0 radical (unpaired) electrons. The lowest BCUT2D eigenvalue weighted by Crippen LogP contribution is -2.70. The van der Waals surface area contributed by atoms with Gasteiger partial charge in [-0.2, -0.15) is 57.1 Å². The topological polar surface area (TPSA) is 20.2 Å². The van der Waals surface area contributed by atoms with Gasteiger partial charge in [0, 0.05) is 3.57 Å². The molecule has 1 aromatic rings. The van der Waals surface area contributed by atoms with Crippen LogP contribution < -0.4 is 0 Å². The predicted octanol–water partition coefficient (Wildman–Crippen LogP) is 6.63. The molecule has 15 heteroatoms. The number of hydrogen-bond acceptors (Lipinski definition) is 1. The highest BCUT2D eigenvalue weighted by molar-refractivity contribution is 14.1. The van der Waals surface area contributed by atoms with E-state index in [9.17, 15) is 62.2 Å². The first kappa shape index (κ1) is 27.0. The van der Waals surface area contributed by atoms with Crippen molar-refractivity contribution in [3.8, 4) is 0 Å². The second kappa shape index (κ2) is 7.55. The third-order valence-electron chi connectivity index (χ3n) is 4.02. The summed E-state index contributed by atoms with van der Waals surface area (Å²) in [6, 6.07) is 4.45. The van der Waals surface area contributed by atoms with E-state index in [1.807, 2.05) is 0 Å². The third-order valence-corrected chi connectivity index (χ3v) is 4.96. The van der Waals surface area contributed by atoms with Gasteiger partial charge in [-0.1, -0.05) is 18.2 Å². The average molecular weight is 580 g/mol. The molecule has 0 aromatic heterocycles. The molecular weight excluding hydrogens is 570 g/mol. The van der Waals surface area contributed by atoms with E-state index in [1.54, 1.807) is 0 Å². The molecule has 174 valence electrons. The van der Waals surface area contributed by atoms with Crippen molar-refractivity contribution in [2.24, 2.45) is 0 Å². The van der Waals surface area contributed by atoms with E-state index in [-0.39, 0.29) is 3.57 Å². The summed E-state index contributed by atoms with van der Waals surface area (Å²) in [6.45, 7) is 0.412. The minimum atomic E-state index is -7.96. The van der Waals surface area contributed by atoms with E-state index in [1.165, 1.54) is 28.7 Å². The predicted molar refractivity (Wildman–Crippen MR) is 84.1 cm³/mol. The summed E-state index contributed by atoms with van der Waals surface area (Å²) >= 11 is 1.42. The maximum Gasteiger partial charge on any atom is 0.460 e. The SMILES string of the molecule is CC(O)(CC(F)(F)C(F)(F)C(F)(F)C(F)(F)C(F)(F)C(F)(F)F)c1ccccc1I. The van der Waals surface area contributed by atoms with Crippen molar-refractivity contribution in [1.82, 2.24) is 0 Å². The van der Waals surface area contributed by atoms with Gasteiger partial charge in [0.15, 0.2) is 0 Å². The summed E-state index contributed by atoms with van der Waals surface area (Å²) in [5, 5.41) is 10.0. The maximum absolute atomic E-state index is 14.0. The van der Waals surface area contributed by atoms with Crippen molar-refractivity contribution >= 4 is 22.6 Å². The third kappa shape index (κ3) is 4.07. The molecule has 0 heterocycles. The van der Waals surface area contributed by atoms with Crippen LogP contribution in [-0.4, -0.2) is 40.9 Å². The molecule has 0 amide bonds. The molecule has 1 rings (SSSR count). The van der Waals surface area contributed by atoms with Gasteiger partial charge in [0.05, 0.1) is 12.0 Å². The number of rotatable bonds is 7. The smallest absolute Gasteiger partial charge is 0.385 e. The molecule has 0 aliphatic carbocycles. The zero-order chi connectivity index (χ0) is 24.2. The fourth-order valence-electron chi connectivity index (χ4n) is 2.34. The maximum atomic E-state index is 14.0. The molecule has 0 aliphatic rings. The Balaban J connectivity index is 3.47. The molecule has 0 saturated carbocycles. The summed E-state index contributed by atoms with van der Waals surface area (Å²) in [7, 11) is 0. The zero-order valence-corrected chi connectivity index (χ0v) is 16.4. The fourth-order valence-corrected chi connectivity index (χ4v) is 3.31. The Labute approximate surface area is 173 Å². The van der Waals surface area contributed by atoms with Crippen LogP contribution in [0.25, 0.3) is 0 Å². The first-order chi connectivity index (χ1) is 13.0. The van der Waals surface area contributed by atoms with E-state index < -0.39 is 53.4 Å². The largest absolute Gasteiger partial charge is 0.460 e. The number of halogens is 14. The van der Waals surface area contributed by atoms with Crippen LogP contribution in [0.4, 0.5) is 57.1 Å². The highest BCUT2D eigenvalue weighted by Crippen LogP contribution is 2.61. The normalized spacial score (nSPS) is 17.1. The van der Waals surface area contributed by atoms with Crippen molar-refractivity contribution in [3.05, 3.63) is 33.4 Å². The van der Waals surface area contributed by atoms with Gasteiger partial charge in [0.25, 0.3) is 0 Å². The summed E-state index contributed by atoms with van der Waals surface area (Å²) in [5.74, 6) is -37.4. The minimum absolute atomic E-state index is 0.0556. The molecule has 0 saturated heterocycles. The summed E-state index contributed by atoms with van der Waals surface area (Å²) in [4.78, 5) is 0. The number of aliphatic hydroxyl groups is 1. The second-order valence-electron chi connectivity index (χ2n) is 6.43. The number of benzene rings is 1. The molecule has 1 nitrogen and oxygen atoms in total. The van der Waals surface area contributed by atoms with Crippen LogP contribution in [0.15, 0.2) is 24.3 Å². The second-order valence-corrected chi connectivity index (χ2v) is 7.59. The number of hydrogen-bond donors (Lipinski definition) is 1. The summed E-state index contributed by atoms with van der Waals surface area (Å²) in [6.07, 6.45) is -10.2. The van der Waals surface area contributed by atoms with Gasteiger partial charge in [-0.05, 0) is 41.1 Å². The van der Waals surface area contributed by atoms with Crippen LogP contribution in [0.1, 0.15) is 18.9 Å². The van der Waals surface area contributed by atoms with Gasteiger partial charge in [-0.15, -0.1) is 0 Å². The summed E-state index contributed by atoms with van der Waals surface area (Å²) in [5.41, 5.74) is -3.64. The number of alkyl halides is 13. The molecule has 0 aliphatic heterocycles. The van der Waals surface area contributed by atoms with Crippen molar-refractivity contribution in [1.29, 1.82) is 0 Å². The molecule has 1 atom stereocenters. The lowest BCUT2D eigenvalue weighted by molar-refractivity contribution is -0.441. The Morgan fingerprint density at radius 2 is 1.10 bits per heavy atom. The molecular formula is C15H10F13IO. The Morgan fingerprint density at radius 3 is 1.50 bits per heavy atom. The van der Waals surface area contributed by atoms with Crippen LogP contribution >= 0.6 is 22.6 Å². The minimum Gasteiger partial charge on any atom is -0.385 e. The van der Waals surface area contributed by atoms with E-state index in [0.717, 1.165) is 18.2 Å². The Bertz CT molecular complexity index is 770. The van der Waals surface area contributed by atoms with Gasteiger partial charge in [0.2, 0.25) is 0 Å². The molecule has 1 N–H and O–H groups in total. The highest BCUT2D eigenvalue weighted by atomic mass is 127. The highest BCUT2D eigenvalue weighted by Gasteiger charge is 2.90. The van der Waals surface area contributed by atoms with Gasteiger partial charge in [0.1, 0.15) is 0 Å². The van der Waals surface area contributed by atoms with E-state index >= 15 is 0 Å². The van der Waals surface area contributed by atoms with Crippen LogP contribution in [0, 0.1) is 3.57 Å². The lowest BCUT2D eigenvalue weighted by atomic mass is 9.84. The van der Waals surface area contributed by atoms with Gasteiger partial charge < -0.3 is 5.11 Å². The van der Waals surface area contributed by atoms with E-state index in [4.69, 9.17) is 0 Å². The lowest BCUT2D eigenvalue weighted by Gasteiger charge is -2.41. The van der Waals surface area contributed by atoms with E-state index in [0.29, 0.717) is 6.92 Å².